The molecule has 1 aromatic heterocycles. The monoisotopic (exact) mass is 359 g/mol. The minimum Gasteiger partial charge on any atom is -0.428 e. The lowest BCUT2D eigenvalue weighted by molar-refractivity contribution is -0.156. The fourth-order valence-corrected chi connectivity index (χ4v) is 3.13. The molecule has 0 amide bonds. The molecule has 0 aliphatic carbocycles. The molecule has 1 N–H and O–H groups in total. The minimum absolute atomic E-state index is 0.154. The first-order valence-electron chi connectivity index (χ1n) is 8.84. The van der Waals surface area contributed by atoms with Crippen LogP contribution >= 0.6 is 0 Å². The van der Waals surface area contributed by atoms with Gasteiger partial charge in [-0.1, -0.05) is 18.2 Å². The van der Waals surface area contributed by atoms with E-state index in [2.05, 4.69) is 10.2 Å². The van der Waals surface area contributed by atoms with Crippen molar-refractivity contribution in [1.29, 1.82) is 0 Å². The zero-order valence-corrected chi connectivity index (χ0v) is 15.2. The van der Waals surface area contributed by atoms with Crippen molar-refractivity contribution in [2.75, 3.05) is 40.5 Å². The van der Waals surface area contributed by atoms with Crippen LogP contribution in [0.5, 0.6) is 0 Å². The molecular weight excluding hydrogens is 334 g/mol. The van der Waals surface area contributed by atoms with Crippen molar-refractivity contribution >= 4 is 23.0 Å². The number of aromatic nitrogens is 1. The Bertz CT molecular complexity index is 778. The van der Waals surface area contributed by atoms with Crippen molar-refractivity contribution < 1.29 is 19.1 Å². The number of nitrogens with one attached hydrogen (secondary N) is 1. The Balaban J connectivity index is 1.64. The molecule has 2 heterocycles. The van der Waals surface area contributed by atoms with Crippen LogP contribution in [0.2, 0.25) is 0 Å². The van der Waals surface area contributed by atoms with Gasteiger partial charge in [-0.05, 0) is 45.1 Å². The lowest BCUT2D eigenvalue weighted by atomic mass is 10.1. The molecule has 1 atom stereocenters. The molecule has 2 aromatic rings. The summed E-state index contributed by atoms with van der Waals surface area (Å²) in [5.74, 6) is -0.481. The third kappa shape index (κ3) is 4.23. The Morgan fingerprint density at radius 2 is 2.08 bits per heavy atom. The number of para-hydroxylation sites is 1. The molecule has 26 heavy (non-hydrogen) atoms. The van der Waals surface area contributed by atoms with Crippen LogP contribution < -0.4 is 5.32 Å². The number of benzene rings is 1. The van der Waals surface area contributed by atoms with E-state index in [1.165, 1.54) is 4.57 Å². The van der Waals surface area contributed by atoms with E-state index in [4.69, 9.17) is 9.47 Å². The summed E-state index contributed by atoms with van der Waals surface area (Å²) in [4.78, 5) is 26.4. The smallest absolute Gasteiger partial charge is 0.421 e. The quantitative estimate of drug-likeness (QED) is 0.627. The van der Waals surface area contributed by atoms with Crippen LogP contribution in [0.1, 0.15) is 12.0 Å². The van der Waals surface area contributed by atoms with E-state index < -0.39 is 6.09 Å². The molecule has 7 nitrogen and oxygen atoms in total. The number of carbonyl (C=O) groups is 2. The van der Waals surface area contributed by atoms with Crippen LogP contribution in [0.3, 0.4) is 0 Å². The standard InChI is InChI=1S/C19H25N3O4/c1-21(2)10-8-15-12-22(17-6-4-3-5-16(15)17)19(24)26-13-25-18(23)14-7-9-20-11-14/h3-6,12,14,20H,7-11,13H2,1-2H3. The second-order valence-electron chi connectivity index (χ2n) is 6.78. The third-order valence-corrected chi connectivity index (χ3v) is 4.60. The Morgan fingerprint density at radius 3 is 2.81 bits per heavy atom. The highest BCUT2D eigenvalue weighted by Gasteiger charge is 2.24. The zero-order chi connectivity index (χ0) is 18.5. The lowest BCUT2D eigenvalue weighted by Crippen LogP contribution is -2.23. The molecule has 0 radical (unpaired) electrons. The molecule has 1 aliphatic rings. The normalized spacial score (nSPS) is 17.0. The van der Waals surface area contributed by atoms with Crippen molar-refractivity contribution in [2.45, 2.75) is 12.8 Å². The molecule has 1 fully saturated rings. The predicted octanol–water partition coefficient (Wildman–Crippen LogP) is 1.84. The molecule has 3 rings (SSSR count). The SMILES string of the molecule is CN(C)CCc1cn(C(=O)OCOC(=O)C2CCNC2)c2ccccc12. The summed E-state index contributed by atoms with van der Waals surface area (Å²) in [6.45, 7) is 1.94. The van der Waals surface area contributed by atoms with Crippen LogP contribution in [0, 0.1) is 5.92 Å². The molecule has 7 heteroatoms. The van der Waals surface area contributed by atoms with E-state index in [-0.39, 0.29) is 18.7 Å². The maximum absolute atomic E-state index is 12.4. The van der Waals surface area contributed by atoms with E-state index in [1.54, 1.807) is 6.20 Å². The first kappa shape index (κ1) is 18.4. The van der Waals surface area contributed by atoms with Gasteiger partial charge in [0.1, 0.15) is 0 Å². The average molecular weight is 359 g/mol. The molecule has 1 unspecified atom stereocenters. The lowest BCUT2D eigenvalue weighted by Gasteiger charge is -2.10. The van der Waals surface area contributed by atoms with Gasteiger partial charge in [-0.3, -0.25) is 9.36 Å². The Hall–Kier alpha value is -2.38. The molecule has 1 aromatic carbocycles. The van der Waals surface area contributed by atoms with Gasteiger partial charge in [-0.15, -0.1) is 0 Å². The molecule has 1 aliphatic heterocycles. The highest BCUT2D eigenvalue weighted by Crippen LogP contribution is 2.22. The van der Waals surface area contributed by atoms with Gasteiger partial charge >= 0.3 is 12.1 Å². The van der Waals surface area contributed by atoms with Crippen molar-refractivity contribution in [3.63, 3.8) is 0 Å². The Morgan fingerprint density at radius 1 is 1.27 bits per heavy atom. The van der Waals surface area contributed by atoms with Gasteiger partial charge in [0.2, 0.25) is 6.79 Å². The molecule has 0 bridgehead atoms. The summed E-state index contributed by atoms with van der Waals surface area (Å²) >= 11 is 0. The number of nitrogens with zero attached hydrogens (tertiary/aromatic N) is 2. The summed E-state index contributed by atoms with van der Waals surface area (Å²) in [5, 5.41) is 4.13. The van der Waals surface area contributed by atoms with E-state index in [9.17, 15) is 9.59 Å². The Kier molecular flexibility index (Phi) is 5.90. The summed E-state index contributed by atoms with van der Waals surface area (Å²) in [7, 11) is 4.03. The highest BCUT2D eigenvalue weighted by molar-refractivity contribution is 5.92. The van der Waals surface area contributed by atoms with Crippen molar-refractivity contribution in [3.05, 3.63) is 36.0 Å². The van der Waals surface area contributed by atoms with Crippen molar-refractivity contribution in [3.8, 4) is 0 Å². The van der Waals surface area contributed by atoms with E-state index >= 15 is 0 Å². The largest absolute Gasteiger partial charge is 0.428 e. The van der Waals surface area contributed by atoms with Gasteiger partial charge in [0.25, 0.3) is 0 Å². The number of fused-ring (bicyclic) bond motifs is 1. The zero-order valence-electron chi connectivity index (χ0n) is 15.2. The summed E-state index contributed by atoms with van der Waals surface area (Å²) in [6.07, 6.45) is 2.84. The molecular formula is C19H25N3O4. The van der Waals surface area contributed by atoms with Crippen LogP contribution in [0.25, 0.3) is 10.9 Å². The number of carbonyl (C=O) groups excluding carboxylic acids is 2. The van der Waals surface area contributed by atoms with Gasteiger partial charge in [0.05, 0.1) is 11.4 Å². The first-order valence-corrected chi connectivity index (χ1v) is 8.84. The third-order valence-electron chi connectivity index (χ3n) is 4.60. The topological polar surface area (TPSA) is 72.8 Å². The second kappa shape index (κ2) is 8.33. The van der Waals surface area contributed by atoms with Gasteiger partial charge in [-0.2, -0.15) is 0 Å². The van der Waals surface area contributed by atoms with Gasteiger partial charge in [0, 0.05) is 24.7 Å². The van der Waals surface area contributed by atoms with Crippen LogP contribution in [-0.4, -0.2) is 62.1 Å². The molecule has 0 spiro atoms. The van der Waals surface area contributed by atoms with Crippen LogP contribution in [0.15, 0.2) is 30.5 Å². The fraction of sp³-hybridized carbons (Fsp3) is 0.474. The summed E-state index contributed by atoms with van der Waals surface area (Å²) in [6, 6.07) is 7.72. The summed E-state index contributed by atoms with van der Waals surface area (Å²) < 4.78 is 11.7. The van der Waals surface area contributed by atoms with E-state index in [0.717, 1.165) is 42.4 Å². The number of esters is 1. The minimum atomic E-state index is -0.547. The number of likely N-dealkylation sites (N-methyl/N-ethyl adjacent to an activating group) is 1. The number of hydrogen-bond donors (Lipinski definition) is 1. The molecule has 1 saturated heterocycles. The highest BCUT2D eigenvalue weighted by atomic mass is 16.7. The predicted molar refractivity (Wildman–Crippen MR) is 98.0 cm³/mol. The maximum Gasteiger partial charge on any atom is 0.421 e. The fourth-order valence-electron chi connectivity index (χ4n) is 3.13. The average Bonchev–Trinajstić information content (AvgIpc) is 3.28. The molecule has 0 saturated carbocycles. The van der Waals surface area contributed by atoms with Crippen LogP contribution in [0.4, 0.5) is 4.79 Å². The first-order chi connectivity index (χ1) is 12.6. The second-order valence-corrected chi connectivity index (χ2v) is 6.78. The maximum atomic E-state index is 12.4. The van der Waals surface area contributed by atoms with E-state index in [0.29, 0.717) is 6.54 Å². The van der Waals surface area contributed by atoms with Gasteiger partial charge in [-0.25, -0.2) is 4.79 Å². The summed E-state index contributed by atoms with van der Waals surface area (Å²) in [5.41, 5.74) is 1.87. The van der Waals surface area contributed by atoms with Crippen molar-refractivity contribution in [2.24, 2.45) is 5.92 Å². The van der Waals surface area contributed by atoms with Gasteiger partial charge < -0.3 is 19.7 Å². The van der Waals surface area contributed by atoms with Crippen molar-refractivity contribution in [1.82, 2.24) is 14.8 Å². The number of ether oxygens (including phenoxy) is 2. The molecule has 140 valence electrons. The number of rotatable bonds is 6. The van der Waals surface area contributed by atoms with E-state index in [1.807, 2.05) is 38.4 Å². The number of hydrogen-bond acceptors (Lipinski definition) is 6. The van der Waals surface area contributed by atoms with Gasteiger partial charge in [0.15, 0.2) is 0 Å². The van der Waals surface area contributed by atoms with Crippen LogP contribution in [-0.2, 0) is 20.7 Å². The Labute approximate surface area is 152 Å².